The van der Waals surface area contributed by atoms with Gasteiger partial charge in [0, 0.05) is 16.6 Å². The molecule has 1 saturated heterocycles. The van der Waals surface area contributed by atoms with Crippen LogP contribution in [0.1, 0.15) is 25.8 Å². The van der Waals surface area contributed by atoms with E-state index in [1.165, 1.54) is 11.8 Å². The van der Waals surface area contributed by atoms with Gasteiger partial charge in [-0.15, -0.1) is 0 Å². The molecule has 0 saturated carbocycles. The van der Waals surface area contributed by atoms with Crippen molar-refractivity contribution in [1.82, 2.24) is 4.90 Å². The molecule has 2 aromatic carbocycles. The molecule has 6 nitrogen and oxygen atoms in total. The molecule has 0 bridgehead atoms. The molecule has 8 heteroatoms. The Morgan fingerprint density at radius 3 is 2.60 bits per heavy atom. The SMILES string of the molecule is CCCN1C(=O)/C(=C/c2cc(Br)cc(OCC)c2O)SC1=Nc1ccc(OC)cc1. The number of amides is 1. The van der Waals surface area contributed by atoms with Crippen molar-refractivity contribution in [3.05, 3.63) is 51.3 Å². The van der Waals surface area contributed by atoms with Crippen molar-refractivity contribution in [1.29, 1.82) is 0 Å². The number of rotatable bonds is 7. The quantitative estimate of drug-likeness (QED) is 0.513. The van der Waals surface area contributed by atoms with Crippen LogP contribution in [0.15, 0.2) is 50.8 Å². The zero-order valence-electron chi connectivity index (χ0n) is 17.0. The molecule has 1 aliphatic heterocycles. The van der Waals surface area contributed by atoms with Crippen molar-refractivity contribution in [3.8, 4) is 17.2 Å². The number of amidine groups is 1. The van der Waals surface area contributed by atoms with Crippen molar-refractivity contribution in [2.24, 2.45) is 4.99 Å². The van der Waals surface area contributed by atoms with Crippen LogP contribution in [0.4, 0.5) is 5.69 Å². The summed E-state index contributed by atoms with van der Waals surface area (Å²) in [5, 5.41) is 11.2. The molecule has 1 fully saturated rings. The molecule has 1 N–H and O–H groups in total. The smallest absolute Gasteiger partial charge is 0.266 e. The molecule has 2 aromatic rings. The third kappa shape index (κ3) is 4.99. The van der Waals surface area contributed by atoms with Crippen LogP contribution in [-0.4, -0.2) is 41.3 Å². The Hall–Kier alpha value is -2.45. The third-order valence-corrected chi connectivity index (χ3v) is 5.75. The third-order valence-electron chi connectivity index (χ3n) is 4.29. The van der Waals surface area contributed by atoms with E-state index in [9.17, 15) is 9.90 Å². The van der Waals surface area contributed by atoms with Gasteiger partial charge in [0.15, 0.2) is 16.7 Å². The van der Waals surface area contributed by atoms with Gasteiger partial charge >= 0.3 is 0 Å². The molecule has 0 atom stereocenters. The Bertz CT molecular complexity index is 989. The van der Waals surface area contributed by atoms with E-state index in [0.29, 0.717) is 34.5 Å². The van der Waals surface area contributed by atoms with Crippen LogP contribution >= 0.6 is 27.7 Å². The molecule has 1 amide bonds. The molecule has 0 aliphatic carbocycles. The average Bonchev–Trinajstić information content (AvgIpc) is 3.01. The van der Waals surface area contributed by atoms with E-state index >= 15 is 0 Å². The maximum atomic E-state index is 13.0. The fourth-order valence-corrected chi connectivity index (χ4v) is 4.36. The molecule has 1 heterocycles. The summed E-state index contributed by atoms with van der Waals surface area (Å²) in [4.78, 5) is 19.8. The topological polar surface area (TPSA) is 71.4 Å². The van der Waals surface area contributed by atoms with E-state index in [2.05, 4.69) is 20.9 Å². The number of carbonyl (C=O) groups is 1. The van der Waals surface area contributed by atoms with Gasteiger partial charge in [-0.2, -0.15) is 0 Å². The Kier molecular flexibility index (Phi) is 7.44. The summed E-state index contributed by atoms with van der Waals surface area (Å²) in [6, 6.07) is 10.8. The molecule has 0 radical (unpaired) electrons. The lowest BCUT2D eigenvalue weighted by Gasteiger charge is -2.14. The number of aromatic hydroxyl groups is 1. The van der Waals surface area contributed by atoms with Crippen molar-refractivity contribution >= 4 is 50.5 Å². The zero-order valence-corrected chi connectivity index (χ0v) is 19.4. The Morgan fingerprint density at radius 1 is 1.23 bits per heavy atom. The first-order valence-corrected chi connectivity index (χ1v) is 11.2. The Labute approximate surface area is 188 Å². The summed E-state index contributed by atoms with van der Waals surface area (Å²) in [7, 11) is 1.61. The second-order valence-corrected chi connectivity index (χ2v) is 8.36. The lowest BCUT2D eigenvalue weighted by molar-refractivity contribution is -0.122. The number of phenols is 1. The minimum Gasteiger partial charge on any atom is -0.504 e. The molecule has 0 unspecified atom stereocenters. The standard InChI is InChI=1S/C22H23BrN2O4S/c1-4-10-25-21(27)19(12-14-11-15(23)13-18(20(14)26)29-5-2)30-22(25)24-16-6-8-17(28-3)9-7-16/h6-9,11-13,26H,4-5,10H2,1-3H3/b19-12-,24-22?. The highest BCUT2D eigenvalue weighted by molar-refractivity contribution is 9.10. The zero-order chi connectivity index (χ0) is 21.7. The molecular weight excluding hydrogens is 468 g/mol. The molecule has 158 valence electrons. The number of hydrogen-bond donors (Lipinski definition) is 1. The number of methoxy groups -OCH3 is 1. The second-order valence-electron chi connectivity index (χ2n) is 6.43. The molecule has 3 rings (SSSR count). The highest BCUT2D eigenvalue weighted by atomic mass is 79.9. The van der Waals surface area contributed by atoms with Gasteiger partial charge in [-0.3, -0.25) is 9.69 Å². The number of hydrogen-bond acceptors (Lipinski definition) is 6. The first kappa shape index (κ1) is 22.2. The van der Waals surface area contributed by atoms with Gasteiger partial charge in [0.05, 0.1) is 24.3 Å². The van der Waals surface area contributed by atoms with Crippen LogP contribution in [0.2, 0.25) is 0 Å². The number of carbonyl (C=O) groups excluding carboxylic acids is 1. The van der Waals surface area contributed by atoms with Gasteiger partial charge in [-0.05, 0) is 67.6 Å². The minimum absolute atomic E-state index is 0.00327. The van der Waals surface area contributed by atoms with Crippen LogP contribution in [-0.2, 0) is 4.79 Å². The van der Waals surface area contributed by atoms with Crippen LogP contribution in [0.3, 0.4) is 0 Å². The monoisotopic (exact) mass is 490 g/mol. The first-order chi connectivity index (χ1) is 14.5. The maximum absolute atomic E-state index is 13.0. The van der Waals surface area contributed by atoms with Crippen LogP contribution in [0.25, 0.3) is 6.08 Å². The van der Waals surface area contributed by atoms with Crippen LogP contribution in [0, 0.1) is 0 Å². The van der Waals surface area contributed by atoms with Crippen LogP contribution in [0.5, 0.6) is 17.2 Å². The summed E-state index contributed by atoms with van der Waals surface area (Å²) in [5.74, 6) is 0.983. The number of aliphatic imine (C=N–C) groups is 1. The van der Waals surface area contributed by atoms with Gasteiger partial charge < -0.3 is 14.6 Å². The number of nitrogens with zero attached hydrogens (tertiary/aromatic N) is 2. The van der Waals surface area contributed by atoms with Gasteiger partial charge in [0.25, 0.3) is 5.91 Å². The number of halogens is 1. The fraction of sp³-hybridized carbons (Fsp3) is 0.273. The van der Waals surface area contributed by atoms with E-state index in [1.807, 2.05) is 38.1 Å². The van der Waals surface area contributed by atoms with E-state index in [1.54, 1.807) is 30.2 Å². The molecule has 0 aromatic heterocycles. The molecule has 0 spiro atoms. The van der Waals surface area contributed by atoms with E-state index < -0.39 is 0 Å². The van der Waals surface area contributed by atoms with Crippen molar-refractivity contribution in [3.63, 3.8) is 0 Å². The van der Waals surface area contributed by atoms with Crippen molar-refractivity contribution in [2.75, 3.05) is 20.3 Å². The van der Waals surface area contributed by atoms with Gasteiger partial charge in [0.1, 0.15) is 5.75 Å². The summed E-state index contributed by atoms with van der Waals surface area (Å²) in [6.07, 6.45) is 2.48. The fourth-order valence-electron chi connectivity index (χ4n) is 2.89. The maximum Gasteiger partial charge on any atom is 0.266 e. The lowest BCUT2D eigenvalue weighted by Crippen LogP contribution is -2.29. The second kappa shape index (κ2) is 10.0. The van der Waals surface area contributed by atoms with Crippen molar-refractivity contribution < 1.29 is 19.4 Å². The largest absolute Gasteiger partial charge is 0.504 e. The first-order valence-electron chi connectivity index (χ1n) is 9.56. The summed E-state index contributed by atoms with van der Waals surface area (Å²) in [5.41, 5.74) is 1.24. The summed E-state index contributed by atoms with van der Waals surface area (Å²) in [6.45, 7) is 4.85. The number of phenolic OH excluding ortho intramolecular Hbond substituents is 1. The van der Waals surface area contributed by atoms with Gasteiger partial charge in [-0.1, -0.05) is 22.9 Å². The Balaban J connectivity index is 1.97. The van der Waals surface area contributed by atoms with Gasteiger partial charge in [0.2, 0.25) is 0 Å². The number of ether oxygens (including phenoxy) is 2. The number of benzene rings is 2. The highest BCUT2D eigenvalue weighted by Crippen LogP contribution is 2.39. The van der Waals surface area contributed by atoms with E-state index in [0.717, 1.165) is 22.3 Å². The number of thioether (sulfide) groups is 1. The summed E-state index contributed by atoms with van der Waals surface area (Å²) >= 11 is 4.72. The average molecular weight is 491 g/mol. The normalized spacial score (nSPS) is 16.5. The molecule has 30 heavy (non-hydrogen) atoms. The van der Waals surface area contributed by atoms with E-state index in [-0.39, 0.29) is 11.7 Å². The lowest BCUT2D eigenvalue weighted by atomic mass is 10.1. The van der Waals surface area contributed by atoms with Crippen molar-refractivity contribution in [2.45, 2.75) is 20.3 Å². The molecular formula is C22H23BrN2O4S. The highest BCUT2D eigenvalue weighted by Gasteiger charge is 2.33. The van der Waals surface area contributed by atoms with Crippen LogP contribution < -0.4 is 9.47 Å². The predicted molar refractivity (Wildman–Crippen MR) is 125 cm³/mol. The Morgan fingerprint density at radius 2 is 1.97 bits per heavy atom. The predicted octanol–water partition coefficient (Wildman–Crippen LogP) is 5.58. The summed E-state index contributed by atoms with van der Waals surface area (Å²) < 4.78 is 11.4. The van der Waals surface area contributed by atoms with Gasteiger partial charge in [-0.25, -0.2) is 4.99 Å². The van der Waals surface area contributed by atoms with E-state index in [4.69, 9.17) is 9.47 Å². The molecule has 1 aliphatic rings. The minimum atomic E-state index is -0.133.